The zero-order chi connectivity index (χ0) is 37.9. The summed E-state index contributed by atoms with van der Waals surface area (Å²) in [5, 5.41) is 45.1. The van der Waals surface area contributed by atoms with Crippen molar-refractivity contribution in [2.75, 3.05) is 45.0 Å². The predicted molar refractivity (Wildman–Crippen MR) is 197 cm³/mol. The number of carbonyl (C=O) groups is 4. The summed E-state index contributed by atoms with van der Waals surface area (Å²) in [6.45, 7) is 11.0. The van der Waals surface area contributed by atoms with E-state index in [0.29, 0.717) is 45.2 Å². The molecule has 1 aromatic rings. The van der Waals surface area contributed by atoms with Crippen LogP contribution in [0.1, 0.15) is 96.3 Å². The van der Waals surface area contributed by atoms with E-state index in [4.69, 9.17) is 11.5 Å². The summed E-state index contributed by atoms with van der Waals surface area (Å²) in [6, 6.07) is 1.76. The Morgan fingerprint density at radius 1 is 0.820 bits per heavy atom. The summed E-state index contributed by atoms with van der Waals surface area (Å²) in [6.07, 6.45) is 3.59. The molecule has 0 fully saturated rings. The number of nitrogens with two attached hydrogens (primary N) is 2. The molecule has 0 radical (unpaired) electrons. The minimum atomic E-state index is -1.17. The number of para-hydroxylation sites is 1. The van der Waals surface area contributed by atoms with Gasteiger partial charge in [-0.2, -0.15) is 11.8 Å². The molecule has 0 aromatic heterocycles. The first-order valence-electron chi connectivity index (χ1n) is 17.7. The molecule has 15 heteroatoms. The van der Waals surface area contributed by atoms with E-state index < -0.39 is 53.5 Å². The van der Waals surface area contributed by atoms with Gasteiger partial charge in [0.25, 0.3) is 5.91 Å². The van der Waals surface area contributed by atoms with Crippen molar-refractivity contribution in [1.82, 2.24) is 20.4 Å². The number of rotatable bonds is 25. The molecular formula is C35H62N6O8S. The lowest BCUT2D eigenvalue weighted by atomic mass is 10.1. The molecule has 286 valence electrons. The molecule has 0 heterocycles. The average molecular weight is 727 g/mol. The summed E-state index contributed by atoms with van der Waals surface area (Å²) >= 11 is 1.81. The normalized spacial score (nSPS) is 13.9. The number of phenolic OH excluding ortho intramolecular Hbond substituents is 2. The van der Waals surface area contributed by atoms with Crippen molar-refractivity contribution >= 4 is 35.4 Å². The molecule has 4 atom stereocenters. The molecule has 10 N–H and O–H groups in total. The number of carbonyl (C=O) groups excluding carboxylic acids is 4. The lowest BCUT2D eigenvalue weighted by Gasteiger charge is -2.30. The van der Waals surface area contributed by atoms with Gasteiger partial charge < -0.3 is 52.3 Å². The van der Waals surface area contributed by atoms with E-state index in [9.17, 15) is 39.6 Å². The second-order valence-electron chi connectivity index (χ2n) is 13.3. The lowest BCUT2D eigenvalue weighted by Crippen LogP contribution is -2.51. The van der Waals surface area contributed by atoms with E-state index in [2.05, 4.69) is 31.4 Å². The van der Waals surface area contributed by atoms with E-state index in [-0.39, 0.29) is 42.4 Å². The molecule has 0 saturated heterocycles. The molecule has 4 amide bonds. The maximum Gasteiger partial charge on any atom is 0.255 e. The highest BCUT2D eigenvalue weighted by Gasteiger charge is 2.27. The molecule has 0 aliphatic rings. The van der Waals surface area contributed by atoms with Crippen molar-refractivity contribution in [2.45, 2.75) is 115 Å². The number of thioether (sulfide) groups is 1. The van der Waals surface area contributed by atoms with Crippen molar-refractivity contribution in [3.8, 4) is 11.5 Å². The maximum absolute atomic E-state index is 13.1. The topological polar surface area (TPSA) is 232 Å². The van der Waals surface area contributed by atoms with Gasteiger partial charge in [0.05, 0.1) is 17.8 Å². The van der Waals surface area contributed by atoms with Gasteiger partial charge in [0.2, 0.25) is 17.7 Å². The second kappa shape index (κ2) is 23.4. The van der Waals surface area contributed by atoms with Gasteiger partial charge in [-0.25, -0.2) is 0 Å². The van der Waals surface area contributed by atoms with Crippen LogP contribution < -0.4 is 22.1 Å². The van der Waals surface area contributed by atoms with Crippen LogP contribution in [-0.2, 0) is 14.4 Å². The van der Waals surface area contributed by atoms with Gasteiger partial charge in [0, 0.05) is 56.2 Å². The molecule has 0 saturated carbocycles. The Hall–Kier alpha value is -3.11. The van der Waals surface area contributed by atoms with Gasteiger partial charge in [-0.3, -0.25) is 19.2 Å². The third kappa shape index (κ3) is 16.7. The molecule has 1 aromatic carbocycles. The van der Waals surface area contributed by atoms with Crippen LogP contribution in [0.2, 0.25) is 0 Å². The van der Waals surface area contributed by atoms with E-state index in [1.54, 1.807) is 4.90 Å². The molecular weight excluding hydrogens is 664 g/mol. The number of hydrogen-bond donors (Lipinski definition) is 8. The monoisotopic (exact) mass is 726 g/mol. The standard InChI is InChI=1S/C35H62N6O8S/c1-6-7-16-35(4,5)50-23-15-28(45)38-17-8-9-19-40(33(48)29(36)24(2)42)21-12-22-41(34(49)30(37)25(3)43)20-11-18-39-32(47)26-13-10-14-27(44)31(26)46/h10,13-14,24-25,29-30,42-44,46H,6-9,11-12,15-23,36-37H2,1-5H3,(H,38,45)(H,39,47)/t24?,25-,29+,30?/m1/s1. The van der Waals surface area contributed by atoms with E-state index in [1.165, 1.54) is 43.4 Å². The zero-order valence-corrected chi connectivity index (χ0v) is 31.3. The first-order chi connectivity index (χ1) is 23.5. The minimum absolute atomic E-state index is 0.00917. The maximum atomic E-state index is 13.1. The predicted octanol–water partition coefficient (Wildman–Crippen LogP) is 1.67. The summed E-state index contributed by atoms with van der Waals surface area (Å²) in [7, 11) is 0. The van der Waals surface area contributed by atoms with Crippen LogP contribution in [0.4, 0.5) is 0 Å². The highest BCUT2D eigenvalue weighted by atomic mass is 32.2. The van der Waals surface area contributed by atoms with E-state index >= 15 is 0 Å². The summed E-state index contributed by atoms with van der Waals surface area (Å²) < 4.78 is 0.144. The molecule has 0 aliphatic carbocycles. The summed E-state index contributed by atoms with van der Waals surface area (Å²) in [4.78, 5) is 54.1. The average Bonchev–Trinajstić information content (AvgIpc) is 3.06. The first-order valence-corrected chi connectivity index (χ1v) is 18.7. The Balaban J connectivity index is 2.70. The van der Waals surface area contributed by atoms with Crippen LogP contribution in [0.15, 0.2) is 18.2 Å². The Bertz CT molecular complexity index is 1200. The Morgan fingerprint density at radius 2 is 1.36 bits per heavy atom. The molecule has 0 aliphatic heterocycles. The van der Waals surface area contributed by atoms with Crippen LogP contribution in [-0.4, -0.2) is 128 Å². The third-order valence-electron chi connectivity index (χ3n) is 8.37. The van der Waals surface area contributed by atoms with Crippen molar-refractivity contribution in [1.29, 1.82) is 0 Å². The molecule has 50 heavy (non-hydrogen) atoms. The number of phenols is 2. The Morgan fingerprint density at radius 3 is 1.92 bits per heavy atom. The highest BCUT2D eigenvalue weighted by Crippen LogP contribution is 2.30. The fourth-order valence-electron chi connectivity index (χ4n) is 5.07. The largest absolute Gasteiger partial charge is 0.504 e. The van der Waals surface area contributed by atoms with Crippen molar-refractivity contribution < 1.29 is 39.6 Å². The lowest BCUT2D eigenvalue weighted by molar-refractivity contribution is -0.135. The van der Waals surface area contributed by atoms with Crippen molar-refractivity contribution in [3.05, 3.63) is 23.8 Å². The fourth-order valence-corrected chi connectivity index (χ4v) is 6.20. The first kappa shape index (κ1) is 44.9. The quantitative estimate of drug-likeness (QED) is 0.0534. The zero-order valence-electron chi connectivity index (χ0n) is 30.5. The number of nitrogens with one attached hydrogen (secondary N) is 2. The van der Waals surface area contributed by atoms with Crippen LogP contribution in [0.5, 0.6) is 11.5 Å². The molecule has 2 unspecified atom stereocenters. The van der Waals surface area contributed by atoms with E-state index in [1.807, 2.05) is 11.8 Å². The van der Waals surface area contributed by atoms with E-state index in [0.717, 1.165) is 18.6 Å². The van der Waals surface area contributed by atoms with Gasteiger partial charge in [0.1, 0.15) is 12.1 Å². The van der Waals surface area contributed by atoms with Crippen molar-refractivity contribution in [2.24, 2.45) is 11.5 Å². The van der Waals surface area contributed by atoms with Crippen molar-refractivity contribution in [3.63, 3.8) is 0 Å². The van der Waals surface area contributed by atoms with Gasteiger partial charge in [0.15, 0.2) is 11.5 Å². The van der Waals surface area contributed by atoms with Crippen LogP contribution in [0.3, 0.4) is 0 Å². The molecule has 14 nitrogen and oxygen atoms in total. The van der Waals surface area contributed by atoms with Gasteiger partial charge >= 0.3 is 0 Å². The van der Waals surface area contributed by atoms with Gasteiger partial charge in [-0.15, -0.1) is 0 Å². The second-order valence-corrected chi connectivity index (χ2v) is 15.1. The Kier molecular flexibility index (Phi) is 21.0. The number of nitrogens with zero attached hydrogens (tertiary/aromatic N) is 2. The summed E-state index contributed by atoms with van der Waals surface area (Å²) in [5.41, 5.74) is 11.8. The molecule has 0 bridgehead atoms. The number of hydrogen-bond acceptors (Lipinski definition) is 11. The highest BCUT2D eigenvalue weighted by molar-refractivity contribution is 8.00. The number of benzene rings is 1. The fraction of sp³-hybridized carbons (Fsp3) is 0.714. The minimum Gasteiger partial charge on any atom is -0.504 e. The van der Waals surface area contributed by atoms with Gasteiger partial charge in [-0.1, -0.05) is 39.7 Å². The van der Waals surface area contributed by atoms with Crippen LogP contribution >= 0.6 is 11.8 Å². The molecule has 0 spiro atoms. The smallest absolute Gasteiger partial charge is 0.255 e. The Labute approximate surface area is 301 Å². The number of amides is 4. The molecule has 1 rings (SSSR count). The number of aliphatic hydroxyl groups excluding tert-OH is 2. The number of unbranched alkanes of at least 4 members (excludes halogenated alkanes) is 2. The van der Waals surface area contributed by atoms with Crippen LogP contribution in [0, 0.1) is 0 Å². The van der Waals surface area contributed by atoms with Crippen LogP contribution in [0.25, 0.3) is 0 Å². The number of aliphatic hydroxyl groups is 2. The summed E-state index contributed by atoms with van der Waals surface area (Å²) in [5.74, 6) is -1.72. The number of aromatic hydroxyl groups is 2. The van der Waals surface area contributed by atoms with Gasteiger partial charge in [-0.05, 0) is 58.1 Å². The SMILES string of the molecule is CCCCC(C)(C)SCCC(=O)NCCCCN(CCCN(CCCNC(=O)c1cccc(O)c1O)C(=O)C(N)[C@@H](C)O)C(=O)[C@@H](N)C(C)O. The third-order valence-corrected chi connectivity index (χ3v) is 9.76.